The van der Waals surface area contributed by atoms with E-state index in [9.17, 15) is 4.79 Å². The van der Waals surface area contributed by atoms with E-state index >= 15 is 0 Å². The Morgan fingerprint density at radius 2 is 1.69 bits per heavy atom. The van der Waals surface area contributed by atoms with Crippen molar-refractivity contribution in [3.8, 4) is 39.9 Å². The molecule has 0 atom stereocenters. The Labute approximate surface area is 248 Å². The first kappa shape index (κ1) is 28.7. The molecule has 0 saturated carbocycles. The molecule has 0 N–H and O–H groups in total. The molecule has 0 radical (unpaired) electrons. The number of thioether (sulfide) groups is 1. The molecule has 3 aromatic carbocycles. The van der Waals surface area contributed by atoms with Gasteiger partial charge in [-0.3, -0.25) is 4.57 Å². The highest BCUT2D eigenvalue weighted by atomic mass is 32.2. The predicted molar refractivity (Wildman–Crippen MR) is 163 cm³/mol. The summed E-state index contributed by atoms with van der Waals surface area (Å²) in [6.07, 6.45) is 1.82. The van der Waals surface area contributed by atoms with Crippen molar-refractivity contribution in [2.45, 2.75) is 17.5 Å². The summed E-state index contributed by atoms with van der Waals surface area (Å²) >= 11 is 1.53. The van der Waals surface area contributed by atoms with Crippen molar-refractivity contribution >= 4 is 28.6 Å². The molecule has 214 valence electrons. The van der Waals surface area contributed by atoms with Crippen LogP contribution in [0.15, 0.2) is 84.5 Å². The zero-order chi connectivity index (χ0) is 29.6. The van der Waals surface area contributed by atoms with E-state index in [0.29, 0.717) is 46.6 Å². The number of nitrogens with zero attached hydrogens (tertiary/aromatic N) is 4. The first-order chi connectivity index (χ1) is 20.5. The molecule has 0 fully saturated rings. The van der Waals surface area contributed by atoms with Gasteiger partial charge >= 0.3 is 5.97 Å². The van der Waals surface area contributed by atoms with Gasteiger partial charge in [0, 0.05) is 28.8 Å². The monoisotopic (exact) mass is 582 g/mol. The number of hydrogen-bond acceptors (Lipinski definition) is 9. The van der Waals surface area contributed by atoms with Crippen molar-refractivity contribution in [2.75, 3.05) is 28.4 Å². The number of aromatic nitrogens is 4. The number of pyridine rings is 1. The van der Waals surface area contributed by atoms with Crippen LogP contribution in [0.4, 0.5) is 0 Å². The molecule has 0 spiro atoms. The molecule has 5 aromatic rings. The maximum absolute atomic E-state index is 12.0. The van der Waals surface area contributed by atoms with Crippen LogP contribution in [0.25, 0.3) is 33.5 Å². The molecule has 0 aliphatic rings. The topological polar surface area (TPSA) is 97.6 Å². The first-order valence-corrected chi connectivity index (χ1v) is 14.0. The predicted octanol–water partition coefficient (Wildman–Crippen LogP) is 6.45. The quantitative estimate of drug-likeness (QED) is 0.0988. The molecule has 0 unspecified atom stereocenters. The number of carbonyl (C=O) groups is 1. The molecular formula is C32H30N4O5S. The van der Waals surface area contributed by atoms with E-state index < -0.39 is 0 Å². The standard InChI is InChI=1S/C32H30N4O5S/c1-6-14-36-30(34-35-32(36)42-19-20-10-9-11-21(15-20)31(37)41-5)24-18-26(33-25-13-8-7-12-23(24)25)22-16-27(38-2)29(40-4)28(17-22)39-3/h6-13,15-18H,1,14,19H2,2-5H3. The van der Waals surface area contributed by atoms with E-state index in [1.165, 1.54) is 18.9 Å². The number of benzene rings is 3. The average Bonchev–Trinajstić information content (AvgIpc) is 3.44. The second kappa shape index (κ2) is 12.8. The molecule has 0 bridgehead atoms. The van der Waals surface area contributed by atoms with Crippen molar-refractivity contribution in [1.82, 2.24) is 19.7 Å². The number of esters is 1. The maximum atomic E-state index is 12.0. The van der Waals surface area contributed by atoms with Crippen LogP contribution in [-0.2, 0) is 17.0 Å². The largest absolute Gasteiger partial charge is 0.493 e. The zero-order valence-corrected chi connectivity index (χ0v) is 24.6. The Kier molecular flexibility index (Phi) is 8.73. The van der Waals surface area contributed by atoms with Gasteiger partial charge in [-0.2, -0.15) is 0 Å². The number of rotatable bonds is 11. The van der Waals surface area contributed by atoms with Crippen LogP contribution in [0.1, 0.15) is 15.9 Å². The van der Waals surface area contributed by atoms with E-state index in [-0.39, 0.29) is 5.97 Å². The summed E-state index contributed by atoms with van der Waals surface area (Å²) in [5.41, 5.74) is 4.67. The van der Waals surface area contributed by atoms with E-state index in [1.54, 1.807) is 27.4 Å². The molecule has 2 heterocycles. The van der Waals surface area contributed by atoms with Crippen molar-refractivity contribution < 1.29 is 23.7 Å². The lowest BCUT2D eigenvalue weighted by Crippen LogP contribution is -2.03. The first-order valence-electron chi connectivity index (χ1n) is 13.1. The van der Waals surface area contributed by atoms with Crippen molar-refractivity contribution in [1.29, 1.82) is 0 Å². The normalized spacial score (nSPS) is 10.9. The minimum Gasteiger partial charge on any atom is -0.493 e. The third-order valence-electron chi connectivity index (χ3n) is 6.66. The van der Waals surface area contributed by atoms with Gasteiger partial charge < -0.3 is 18.9 Å². The molecular weight excluding hydrogens is 552 g/mol. The Hall–Kier alpha value is -4.83. The Morgan fingerprint density at radius 3 is 2.38 bits per heavy atom. The molecule has 0 saturated heterocycles. The van der Waals surface area contributed by atoms with Crippen LogP contribution in [0.5, 0.6) is 17.2 Å². The van der Waals surface area contributed by atoms with Crippen molar-refractivity contribution in [2.24, 2.45) is 0 Å². The molecule has 42 heavy (non-hydrogen) atoms. The summed E-state index contributed by atoms with van der Waals surface area (Å²) in [7, 11) is 6.12. The summed E-state index contributed by atoms with van der Waals surface area (Å²) in [4.78, 5) is 16.9. The van der Waals surface area contributed by atoms with Crippen molar-refractivity contribution in [3.05, 3.63) is 90.5 Å². The van der Waals surface area contributed by atoms with Crippen LogP contribution in [-0.4, -0.2) is 54.2 Å². The Morgan fingerprint density at radius 1 is 0.929 bits per heavy atom. The van der Waals surface area contributed by atoms with Gasteiger partial charge in [0.25, 0.3) is 0 Å². The second-order valence-corrected chi connectivity index (χ2v) is 10.1. The lowest BCUT2D eigenvalue weighted by atomic mass is 10.0. The summed E-state index contributed by atoms with van der Waals surface area (Å²) in [5, 5.41) is 10.8. The van der Waals surface area contributed by atoms with E-state index in [1.807, 2.05) is 71.3 Å². The number of hydrogen-bond donors (Lipinski definition) is 0. The average molecular weight is 583 g/mol. The number of allylic oxidation sites excluding steroid dienone is 1. The van der Waals surface area contributed by atoms with E-state index in [4.69, 9.17) is 23.9 Å². The Bertz CT molecular complexity index is 1740. The minimum absolute atomic E-state index is 0.369. The summed E-state index contributed by atoms with van der Waals surface area (Å²) < 4.78 is 23.6. The third-order valence-corrected chi connectivity index (χ3v) is 7.70. The van der Waals surface area contributed by atoms with Gasteiger partial charge in [0.1, 0.15) is 0 Å². The van der Waals surface area contributed by atoms with E-state index in [2.05, 4.69) is 16.8 Å². The van der Waals surface area contributed by atoms with Crippen LogP contribution in [0, 0.1) is 0 Å². The van der Waals surface area contributed by atoms with Gasteiger partial charge in [-0.1, -0.05) is 48.2 Å². The molecule has 0 aliphatic carbocycles. The van der Waals surface area contributed by atoms with Crippen molar-refractivity contribution in [3.63, 3.8) is 0 Å². The zero-order valence-electron chi connectivity index (χ0n) is 23.8. The molecule has 0 aliphatic heterocycles. The summed E-state index contributed by atoms with van der Waals surface area (Å²) in [5.74, 6) is 2.49. The number of para-hydroxylation sites is 1. The maximum Gasteiger partial charge on any atom is 0.337 e. The minimum atomic E-state index is -0.369. The number of fused-ring (bicyclic) bond motifs is 1. The highest BCUT2D eigenvalue weighted by Crippen LogP contribution is 2.42. The highest BCUT2D eigenvalue weighted by molar-refractivity contribution is 7.98. The number of methoxy groups -OCH3 is 4. The summed E-state index contributed by atoms with van der Waals surface area (Å²) in [6, 6.07) is 21.0. The van der Waals surface area contributed by atoms with Crippen LogP contribution < -0.4 is 14.2 Å². The fourth-order valence-electron chi connectivity index (χ4n) is 4.68. The Balaban J connectivity index is 1.59. The van der Waals surface area contributed by atoms with Gasteiger partial charge in [0.2, 0.25) is 5.75 Å². The lowest BCUT2D eigenvalue weighted by Gasteiger charge is -2.15. The number of carbonyl (C=O) groups excluding carboxylic acids is 1. The lowest BCUT2D eigenvalue weighted by molar-refractivity contribution is 0.0600. The van der Waals surface area contributed by atoms with E-state index in [0.717, 1.165) is 32.7 Å². The third kappa shape index (κ3) is 5.66. The fourth-order valence-corrected chi connectivity index (χ4v) is 5.57. The SMILES string of the molecule is C=CCn1c(SCc2cccc(C(=O)OC)c2)nnc1-c1cc(-c2cc(OC)c(OC)c(OC)c2)nc2ccccc12. The second-order valence-electron chi connectivity index (χ2n) is 9.17. The van der Waals surface area contributed by atoms with Gasteiger partial charge in [-0.15, -0.1) is 16.8 Å². The van der Waals surface area contributed by atoms with Gasteiger partial charge in [-0.05, 0) is 42.0 Å². The van der Waals surface area contributed by atoms with Gasteiger partial charge in [-0.25, -0.2) is 9.78 Å². The summed E-state index contributed by atoms with van der Waals surface area (Å²) in [6.45, 7) is 4.47. The fraction of sp³-hybridized carbons (Fsp3) is 0.188. The molecule has 0 amide bonds. The smallest absolute Gasteiger partial charge is 0.337 e. The van der Waals surface area contributed by atoms with Gasteiger partial charge in [0.15, 0.2) is 22.5 Å². The van der Waals surface area contributed by atoms with Crippen LogP contribution in [0.3, 0.4) is 0 Å². The molecule has 2 aromatic heterocycles. The highest BCUT2D eigenvalue weighted by Gasteiger charge is 2.20. The van der Waals surface area contributed by atoms with Gasteiger partial charge in [0.05, 0.1) is 45.2 Å². The number of ether oxygens (including phenoxy) is 4. The molecule has 9 nitrogen and oxygen atoms in total. The molecule has 5 rings (SSSR count). The van der Waals surface area contributed by atoms with Crippen LogP contribution in [0.2, 0.25) is 0 Å². The van der Waals surface area contributed by atoms with Crippen LogP contribution >= 0.6 is 11.8 Å². The molecule has 10 heteroatoms.